The van der Waals surface area contributed by atoms with Crippen molar-refractivity contribution < 1.29 is 9.90 Å². The van der Waals surface area contributed by atoms with Gasteiger partial charge < -0.3 is 5.11 Å². The van der Waals surface area contributed by atoms with E-state index in [2.05, 4.69) is 34.1 Å². The molecule has 1 N–H and O–H groups in total. The number of piperidine rings is 1. The Bertz CT molecular complexity index is 975. The molecular weight excluding hydrogens is 360 g/mol. The minimum Gasteiger partial charge on any atom is -0.481 e. The summed E-state index contributed by atoms with van der Waals surface area (Å²) in [5.74, 6) is -1.04. The summed E-state index contributed by atoms with van der Waals surface area (Å²) in [6, 6.07) is 16.2. The summed E-state index contributed by atoms with van der Waals surface area (Å²) in [6.07, 6.45) is 5.26. The van der Waals surface area contributed by atoms with Crippen LogP contribution in [-0.4, -0.2) is 34.0 Å². The molecule has 2 heterocycles. The van der Waals surface area contributed by atoms with Gasteiger partial charge in [0, 0.05) is 29.3 Å². The third-order valence-electron chi connectivity index (χ3n) is 5.31. The Hall–Kier alpha value is -2.43. The summed E-state index contributed by atoms with van der Waals surface area (Å²) < 4.78 is 0. The first-order valence-electron chi connectivity index (χ1n) is 9.18. The number of fused-ring (bicyclic) bond motifs is 1. The van der Waals surface area contributed by atoms with Gasteiger partial charge in [-0.1, -0.05) is 35.9 Å². The zero-order valence-corrected chi connectivity index (χ0v) is 15.6. The highest BCUT2D eigenvalue weighted by molar-refractivity contribution is 6.30. The molecule has 4 rings (SSSR count). The third-order valence-corrected chi connectivity index (χ3v) is 5.55. The summed E-state index contributed by atoms with van der Waals surface area (Å²) >= 11 is 6.27. The maximum absolute atomic E-state index is 11.6. The van der Waals surface area contributed by atoms with Crippen LogP contribution in [0.3, 0.4) is 0 Å². The Labute approximate surface area is 163 Å². The van der Waals surface area contributed by atoms with Crippen molar-refractivity contribution in [2.45, 2.75) is 18.9 Å². The summed E-state index contributed by atoms with van der Waals surface area (Å²) in [7, 11) is 0. The number of hydrogen-bond donors (Lipinski definition) is 1. The second-order valence-corrected chi connectivity index (χ2v) is 7.55. The standard InChI is InChI=1S/C22H21ClN2O2/c23-20-5-1-3-16(12-20)21(25-10-2-4-19(14-25)22(26)27)17-6-7-18-13-24-9-8-15(18)11-17/h1,3,5-9,11-13,19,21H,2,4,10,14H2,(H,26,27). The Kier molecular flexibility index (Phi) is 5.10. The van der Waals surface area contributed by atoms with Crippen LogP contribution in [0.1, 0.15) is 30.0 Å². The molecule has 0 aliphatic carbocycles. The average Bonchev–Trinajstić information content (AvgIpc) is 2.68. The number of rotatable bonds is 4. The van der Waals surface area contributed by atoms with Gasteiger partial charge in [-0.25, -0.2) is 0 Å². The molecule has 0 amide bonds. The highest BCUT2D eigenvalue weighted by Gasteiger charge is 2.31. The minimum atomic E-state index is -0.714. The minimum absolute atomic E-state index is 0.0246. The largest absolute Gasteiger partial charge is 0.481 e. The van der Waals surface area contributed by atoms with E-state index in [0.29, 0.717) is 11.6 Å². The topological polar surface area (TPSA) is 53.4 Å². The van der Waals surface area contributed by atoms with Gasteiger partial charge in [0.2, 0.25) is 0 Å². The normalized spacial score (nSPS) is 19.1. The van der Waals surface area contributed by atoms with Gasteiger partial charge in [-0.2, -0.15) is 0 Å². The summed E-state index contributed by atoms with van der Waals surface area (Å²) in [5.41, 5.74) is 2.23. The van der Waals surface area contributed by atoms with Crippen LogP contribution in [0, 0.1) is 5.92 Å². The fourth-order valence-corrected chi connectivity index (χ4v) is 4.20. The van der Waals surface area contributed by atoms with Crippen LogP contribution in [0.25, 0.3) is 10.8 Å². The van der Waals surface area contributed by atoms with Gasteiger partial charge in [-0.05, 0) is 60.2 Å². The molecule has 1 fully saturated rings. The Morgan fingerprint density at radius 2 is 2.00 bits per heavy atom. The zero-order valence-electron chi connectivity index (χ0n) is 14.9. The maximum atomic E-state index is 11.6. The molecule has 0 saturated carbocycles. The molecule has 4 nitrogen and oxygen atoms in total. The van der Waals surface area contributed by atoms with E-state index in [-0.39, 0.29) is 12.0 Å². The van der Waals surface area contributed by atoms with Crippen LogP contribution >= 0.6 is 11.6 Å². The van der Waals surface area contributed by atoms with Crippen LogP contribution in [0.2, 0.25) is 5.02 Å². The molecule has 0 spiro atoms. The van der Waals surface area contributed by atoms with Gasteiger partial charge in [0.1, 0.15) is 0 Å². The first-order chi connectivity index (χ1) is 13.1. The molecule has 5 heteroatoms. The predicted octanol–water partition coefficient (Wildman–Crippen LogP) is 4.77. The quantitative estimate of drug-likeness (QED) is 0.708. The van der Waals surface area contributed by atoms with Crippen molar-refractivity contribution >= 4 is 28.3 Å². The number of nitrogens with zero attached hydrogens (tertiary/aromatic N) is 2. The molecule has 0 radical (unpaired) electrons. The number of carboxylic acids is 1. The molecule has 1 aromatic heterocycles. The second-order valence-electron chi connectivity index (χ2n) is 7.11. The van der Waals surface area contributed by atoms with Crippen molar-refractivity contribution in [3.63, 3.8) is 0 Å². The van der Waals surface area contributed by atoms with Crippen LogP contribution in [-0.2, 0) is 4.79 Å². The number of likely N-dealkylation sites (tertiary alicyclic amines) is 1. The average molecular weight is 381 g/mol. The molecule has 1 aliphatic rings. The third kappa shape index (κ3) is 3.82. The van der Waals surface area contributed by atoms with Crippen molar-refractivity contribution in [1.82, 2.24) is 9.88 Å². The molecule has 27 heavy (non-hydrogen) atoms. The van der Waals surface area contributed by atoms with Crippen molar-refractivity contribution in [2.75, 3.05) is 13.1 Å². The Morgan fingerprint density at radius 1 is 1.15 bits per heavy atom. The smallest absolute Gasteiger partial charge is 0.307 e. The van der Waals surface area contributed by atoms with Gasteiger partial charge in [0.15, 0.2) is 0 Å². The number of halogens is 1. The van der Waals surface area contributed by atoms with E-state index in [1.807, 2.05) is 30.5 Å². The van der Waals surface area contributed by atoms with E-state index in [4.69, 9.17) is 11.6 Å². The van der Waals surface area contributed by atoms with Crippen molar-refractivity contribution in [3.05, 3.63) is 77.1 Å². The second kappa shape index (κ2) is 7.67. The lowest BCUT2D eigenvalue weighted by Crippen LogP contribution is -2.41. The number of aliphatic carboxylic acids is 1. The fraction of sp³-hybridized carbons (Fsp3) is 0.273. The van der Waals surface area contributed by atoms with Gasteiger partial charge >= 0.3 is 5.97 Å². The van der Waals surface area contributed by atoms with Gasteiger partial charge in [-0.3, -0.25) is 14.7 Å². The van der Waals surface area contributed by atoms with Crippen molar-refractivity contribution in [2.24, 2.45) is 5.92 Å². The number of hydrogen-bond acceptors (Lipinski definition) is 3. The first-order valence-corrected chi connectivity index (χ1v) is 9.55. The van der Waals surface area contributed by atoms with Crippen molar-refractivity contribution in [1.29, 1.82) is 0 Å². The van der Waals surface area contributed by atoms with Crippen LogP contribution in [0.4, 0.5) is 0 Å². The SMILES string of the molecule is O=C(O)C1CCCN(C(c2cccc(Cl)c2)c2ccc3cnccc3c2)C1. The molecule has 1 saturated heterocycles. The molecule has 3 aromatic rings. The summed E-state index contributed by atoms with van der Waals surface area (Å²) in [5, 5.41) is 12.4. The number of benzene rings is 2. The molecule has 138 valence electrons. The van der Waals surface area contributed by atoms with Crippen LogP contribution < -0.4 is 0 Å². The number of carboxylic acid groups (broad SMARTS) is 1. The molecule has 2 aromatic carbocycles. The molecular formula is C22H21ClN2O2. The maximum Gasteiger partial charge on any atom is 0.307 e. The molecule has 0 bridgehead atoms. The Morgan fingerprint density at radius 3 is 2.81 bits per heavy atom. The predicted molar refractivity (Wildman–Crippen MR) is 107 cm³/mol. The van der Waals surface area contributed by atoms with Gasteiger partial charge in [-0.15, -0.1) is 0 Å². The van der Waals surface area contributed by atoms with Crippen LogP contribution in [0.15, 0.2) is 60.9 Å². The summed E-state index contributed by atoms with van der Waals surface area (Å²) in [6.45, 7) is 1.41. The molecule has 2 atom stereocenters. The zero-order chi connectivity index (χ0) is 18.8. The van der Waals surface area contributed by atoms with E-state index < -0.39 is 5.97 Å². The van der Waals surface area contributed by atoms with Crippen molar-refractivity contribution in [3.8, 4) is 0 Å². The lowest BCUT2D eigenvalue weighted by molar-refractivity contribution is -0.143. The lowest BCUT2D eigenvalue weighted by Gasteiger charge is -2.37. The van der Waals surface area contributed by atoms with Gasteiger partial charge in [0.05, 0.1) is 12.0 Å². The first kappa shape index (κ1) is 18.0. The monoisotopic (exact) mass is 380 g/mol. The highest BCUT2D eigenvalue weighted by Crippen LogP contribution is 2.34. The van der Waals surface area contributed by atoms with E-state index in [1.54, 1.807) is 6.20 Å². The summed E-state index contributed by atoms with van der Waals surface area (Å²) in [4.78, 5) is 18.0. The molecule has 2 unspecified atom stereocenters. The number of aromatic nitrogens is 1. The number of pyridine rings is 1. The fourth-order valence-electron chi connectivity index (χ4n) is 4.01. The van der Waals surface area contributed by atoms with Crippen LogP contribution in [0.5, 0.6) is 0 Å². The highest BCUT2D eigenvalue weighted by atomic mass is 35.5. The van der Waals surface area contributed by atoms with Gasteiger partial charge in [0.25, 0.3) is 0 Å². The van der Waals surface area contributed by atoms with E-state index in [9.17, 15) is 9.90 Å². The van der Waals surface area contributed by atoms with E-state index >= 15 is 0 Å². The van der Waals surface area contributed by atoms with E-state index in [1.165, 1.54) is 0 Å². The Balaban J connectivity index is 1.78. The lowest BCUT2D eigenvalue weighted by atomic mass is 9.90. The van der Waals surface area contributed by atoms with E-state index in [0.717, 1.165) is 41.3 Å². The molecule has 1 aliphatic heterocycles. The number of carbonyl (C=O) groups is 1.